The highest BCUT2D eigenvalue weighted by atomic mass is 32.2. The molecule has 0 aliphatic heterocycles. The number of nitrogens with zero attached hydrogens (tertiary/aromatic N) is 1. The van der Waals surface area contributed by atoms with E-state index in [2.05, 4.69) is 42.5 Å². The monoisotopic (exact) mass is 286 g/mol. The van der Waals surface area contributed by atoms with Gasteiger partial charge in [0.25, 0.3) is 0 Å². The maximum absolute atomic E-state index is 5.98. The van der Waals surface area contributed by atoms with E-state index < -0.39 is 0 Å². The molecule has 0 aliphatic carbocycles. The minimum atomic E-state index is 0.513. The fourth-order valence-corrected chi connectivity index (χ4v) is 3.37. The van der Waals surface area contributed by atoms with Gasteiger partial charge in [0.1, 0.15) is 0 Å². The predicted octanol–water partition coefficient (Wildman–Crippen LogP) is 3.43. The zero-order valence-corrected chi connectivity index (χ0v) is 13.4. The van der Waals surface area contributed by atoms with Crippen LogP contribution < -0.4 is 5.73 Å². The Labute approximate surface area is 120 Å². The maximum atomic E-state index is 5.98. The number of hydrogen-bond acceptors (Lipinski definition) is 4. The van der Waals surface area contributed by atoms with E-state index >= 15 is 0 Å². The molecular weight excluding hydrogens is 260 g/mol. The first-order chi connectivity index (χ1) is 8.69. The second-order valence-corrected chi connectivity index (χ2v) is 6.89. The van der Waals surface area contributed by atoms with Crippen LogP contribution in [0, 0.1) is 0 Å². The number of hydrogen-bond donors (Lipinski definition) is 1. The van der Waals surface area contributed by atoms with Crippen LogP contribution in [0.25, 0.3) is 0 Å². The van der Waals surface area contributed by atoms with Crippen LogP contribution in [0.15, 0.2) is 17.5 Å². The van der Waals surface area contributed by atoms with Crippen LogP contribution in [0.3, 0.4) is 0 Å². The van der Waals surface area contributed by atoms with Crippen LogP contribution in [-0.2, 0) is 6.54 Å². The van der Waals surface area contributed by atoms with Gasteiger partial charge in [-0.15, -0.1) is 11.3 Å². The molecule has 0 aromatic carbocycles. The highest BCUT2D eigenvalue weighted by molar-refractivity contribution is 7.98. The lowest BCUT2D eigenvalue weighted by molar-refractivity contribution is 0.141. The topological polar surface area (TPSA) is 29.3 Å². The molecule has 1 aromatic heterocycles. The molecule has 0 aliphatic rings. The van der Waals surface area contributed by atoms with E-state index in [9.17, 15) is 0 Å². The fraction of sp³-hybridized carbons (Fsp3) is 0.714. The van der Waals surface area contributed by atoms with Crippen molar-refractivity contribution in [1.82, 2.24) is 4.90 Å². The zero-order valence-electron chi connectivity index (χ0n) is 11.8. The minimum absolute atomic E-state index is 0.513. The Hall–Kier alpha value is -0.0300. The summed E-state index contributed by atoms with van der Waals surface area (Å²) in [5.74, 6) is 1.24. The van der Waals surface area contributed by atoms with E-state index in [1.165, 1.54) is 23.5 Å². The second kappa shape index (κ2) is 8.97. The van der Waals surface area contributed by atoms with Crippen LogP contribution >= 0.6 is 23.1 Å². The molecule has 0 bridgehead atoms. The van der Waals surface area contributed by atoms with Crippen molar-refractivity contribution >= 4 is 23.1 Å². The average Bonchev–Trinajstić information content (AvgIpc) is 2.85. The first-order valence-electron chi connectivity index (χ1n) is 6.66. The van der Waals surface area contributed by atoms with E-state index in [1.807, 2.05) is 23.1 Å². The number of rotatable bonds is 9. The summed E-state index contributed by atoms with van der Waals surface area (Å²) < 4.78 is 0. The van der Waals surface area contributed by atoms with Gasteiger partial charge in [0.05, 0.1) is 0 Å². The third kappa shape index (κ3) is 5.31. The van der Waals surface area contributed by atoms with Gasteiger partial charge in [-0.1, -0.05) is 6.07 Å². The molecule has 0 fully saturated rings. The van der Waals surface area contributed by atoms with Crippen molar-refractivity contribution in [3.8, 4) is 0 Å². The van der Waals surface area contributed by atoms with Crippen LogP contribution in [0.4, 0.5) is 0 Å². The highest BCUT2D eigenvalue weighted by Crippen LogP contribution is 2.18. The molecule has 1 atom stereocenters. The molecule has 104 valence electrons. The van der Waals surface area contributed by atoms with Crippen LogP contribution in [0.5, 0.6) is 0 Å². The average molecular weight is 287 g/mol. The molecule has 1 aromatic rings. The summed E-state index contributed by atoms with van der Waals surface area (Å²) in [7, 11) is 0. The minimum Gasteiger partial charge on any atom is -0.329 e. The summed E-state index contributed by atoms with van der Waals surface area (Å²) in [4.78, 5) is 3.98. The smallest absolute Gasteiger partial charge is 0.0334 e. The summed E-state index contributed by atoms with van der Waals surface area (Å²) in [6.07, 6.45) is 4.64. The van der Waals surface area contributed by atoms with Crippen molar-refractivity contribution < 1.29 is 0 Å². The first-order valence-corrected chi connectivity index (χ1v) is 8.93. The third-order valence-electron chi connectivity index (χ3n) is 3.21. The van der Waals surface area contributed by atoms with Crippen LogP contribution in [0.2, 0.25) is 0 Å². The molecule has 0 spiro atoms. The summed E-state index contributed by atoms with van der Waals surface area (Å²) in [6, 6.07) is 5.41. The van der Waals surface area contributed by atoms with Gasteiger partial charge in [-0.25, -0.2) is 0 Å². The molecule has 0 saturated carbocycles. The molecule has 0 amide bonds. The van der Waals surface area contributed by atoms with Crippen molar-refractivity contribution in [1.29, 1.82) is 0 Å². The first kappa shape index (κ1) is 16.0. The zero-order chi connectivity index (χ0) is 13.4. The van der Waals surface area contributed by atoms with Gasteiger partial charge in [0.2, 0.25) is 0 Å². The van der Waals surface area contributed by atoms with Gasteiger partial charge in [0, 0.05) is 30.1 Å². The summed E-state index contributed by atoms with van der Waals surface area (Å²) in [5.41, 5.74) is 5.98. The normalized spacial score (nSPS) is 13.4. The molecular formula is C14H26N2S2. The van der Waals surface area contributed by atoms with Crippen molar-refractivity contribution in [2.45, 2.75) is 45.3 Å². The summed E-state index contributed by atoms with van der Waals surface area (Å²) in [6.45, 7) is 6.34. The molecule has 1 rings (SSSR count). The Morgan fingerprint density at radius 1 is 1.44 bits per heavy atom. The van der Waals surface area contributed by atoms with Crippen molar-refractivity contribution in [2.75, 3.05) is 18.6 Å². The Balaban J connectivity index is 2.57. The quantitative estimate of drug-likeness (QED) is 0.705. The fourth-order valence-electron chi connectivity index (χ4n) is 2.20. The highest BCUT2D eigenvalue weighted by Gasteiger charge is 2.20. The molecule has 18 heavy (non-hydrogen) atoms. The largest absolute Gasteiger partial charge is 0.329 e. The molecule has 0 saturated heterocycles. The lowest BCUT2D eigenvalue weighted by Crippen LogP contribution is -2.44. The second-order valence-electron chi connectivity index (χ2n) is 4.87. The van der Waals surface area contributed by atoms with E-state index in [4.69, 9.17) is 5.73 Å². The lowest BCUT2D eigenvalue weighted by atomic mass is 10.1. The van der Waals surface area contributed by atoms with E-state index in [-0.39, 0.29) is 0 Å². The van der Waals surface area contributed by atoms with Crippen molar-refractivity contribution in [3.05, 3.63) is 22.4 Å². The Morgan fingerprint density at radius 3 is 2.72 bits per heavy atom. The van der Waals surface area contributed by atoms with Gasteiger partial charge in [-0.3, -0.25) is 4.90 Å². The van der Waals surface area contributed by atoms with Crippen LogP contribution in [0.1, 0.15) is 31.6 Å². The molecule has 2 nitrogen and oxygen atoms in total. The SMILES string of the molecule is CSCCCC(CN)N(Cc1cccs1)C(C)C. The number of thiophene rings is 1. The molecule has 1 heterocycles. The lowest BCUT2D eigenvalue weighted by Gasteiger charge is -2.34. The predicted molar refractivity (Wildman–Crippen MR) is 85.5 cm³/mol. The maximum Gasteiger partial charge on any atom is 0.0334 e. The van der Waals surface area contributed by atoms with Crippen LogP contribution in [-0.4, -0.2) is 35.5 Å². The molecule has 1 unspecified atom stereocenters. The number of nitrogens with two attached hydrogens (primary N) is 1. The third-order valence-corrected chi connectivity index (χ3v) is 4.77. The summed E-state index contributed by atoms with van der Waals surface area (Å²) >= 11 is 3.76. The van der Waals surface area contributed by atoms with Gasteiger partial charge in [0.15, 0.2) is 0 Å². The standard InChI is InChI=1S/C14H26N2S2/c1-12(2)16(11-14-7-5-9-18-14)13(10-15)6-4-8-17-3/h5,7,9,12-13H,4,6,8,10-11,15H2,1-3H3. The van der Waals surface area contributed by atoms with Crippen molar-refractivity contribution in [3.63, 3.8) is 0 Å². The van der Waals surface area contributed by atoms with Gasteiger partial charge < -0.3 is 5.73 Å². The Kier molecular flexibility index (Phi) is 7.98. The molecule has 0 radical (unpaired) electrons. The Bertz CT molecular complexity index is 299. The number of thioether (sulfide) groups is 1. The molecule has 2 N–H and O–H groups in total. The Morgan fingerprint density at radius 2 is 2.22 bits per heavy atom. The van der Waals surface area contributed by atoms with Crippen molar-refractivity contribution in [2.24, 2.45) is 5.73 Å². The molecule has 4 heteroatoms. The summed E-state index contributed by atoms with van der Waals surface area (Å²) in [5, 5.41) is 2.15. The van der Waals surface area contributed by atoms with Gasteiger partial charge in [-0.05, 0) is 50.1 Å². The van der Waals surface area contributed by atoms with E-state index in [0.717, 1.165) is 13.1 Å². The van der Waals surface area contributed by atoms with Gasteiger partial charge >= 0.3 is 0 Å². The van der Waals surface area contributed by atoms with Gasteiger partial charge in [-0.2, -0.15) is 11.8 Å². The van der Waals surface area contributed by atoms with E-state index in [0.29, 0.717) is 12.1 Å². The van der Waals surface area contributed by atoms with E-state index in [1.54, 1.807) is 0 Å².